The Morgan fingerprint density at radius 1 is 0.816 bits per heavy atom. The summed E-state index contributed by atoms with van der Waals surface area (Å²) >= 11 is 31.4. The van der Waals surface area contributed by atoms with Crippen LogP contribution in [0.5, 0.6) is 0 Å². The van der Waals surface area contributed by atoms with Crippen molar-refractivity contribution in [1.29, 1.82) is 0 Å². The third kappa shape index (κ3) is 9.35. The summed E-state index contributed by atoms with van der Waals surface area (Å²) in [6.07, 6.45) is -3.28. The molecule has 0 spiro atoms. The zero-order chi connectivity index (χ0) is 36.8. The highest BCUT2D eigenvalue weighted by molar-refractivity contribution is 6.53. The molecule has 1 saturated carbocycles. The van der Waals surface area contributed by atoms with Gasteiger partial charge in [0.25, 0.3) is 0 Å². The Morgan fingerprint density at radius 3 is 1.90 bits per heavy atom. The summed E-state index contributed by atoms with van der Waals surface area (Å²) in [5.74, 6) is -5.12. The van der Waals surface area contributed by atoms with Gasteiger partial charge in [0.1, 0.15) is 27.2 Å². The Labute approximate surface area is 306 Å². The van der Waals surface area contributed by atoms with E-state index in [9.17, 15) is 19.2 Å². The first-order chi connectivity index (χ1) is 22.5. The molecule has 1 aliphatic carbocycles. The summed E-state index contributed by atoms with van der Waals surface area (Å²) in [6, 6.07) is 10.1. The maximum absolute atomic E-state index is 15.5. The number of Topliss-reactive ketones (excluding diaryl/α,β-unsaturated/α-hetero) is 1. The number of halogens is 7. The summed E-state index contributed by atoms with van der Waals surface area (Å²) in [5, 5.41) is 3.31. The largest absolute Gasteiger partial charge is 0.443 e. The minimum Gasteiger partial charge on any atom is -0.443 e. The van der Waals surface area contributed by atoms with E-state index < -0.39 is 80.6 Å². The van der Waals surface area contributed by atoms with E-state index in [4.69, 9.17) is 67.5 Å². The topological polar surface area (TPSA) is 102 Å². The van der Waals surface area contributed by atoms with Crippen molar-refractivity contribution in [1.82, 2.24) is 0 Å². The van der Waals surface area contributed by atoms with Gasteiger partial charge in [-0.05, 0) is 95.1 Å². The second-order valence-electron chi connectivity index (χ2n) is 13.3. The average Bonchev–Trinajstić information content (AvgIpc) is 3.51. The van der Waals surface area contributed by atoms with Crippen LogP contribution in [0.25, 0.3) is 0 Å². The predicted molar refractivity (Wildman–Crippen MR) is 187 cm³/mol. The zero-order valence-electron chi connectivity index (χ0n) is 27.0. The minimum atomic E-state index is -1.46. The fraction of sp³-hybridized carbons (Fsp3) is 0.353. The van der Waals surface area contributed by atoms with Crippen LogP contribution >= 0.6 is 58.0 Å². The number of carbonyl (C=O) groups excluding carboxylic acids is 4. The van der Waals surface area contributed by atoms with Crippen molar-refractivity contribution in [2.24, 2.45) is 5.92 Å². The number of nitrogens with one attached hydrogen (secondary N) is 1. The van der Waals surface area contributed by atoms with Crippen LogP contribution in [0.3, 0.4) is 0 Å². The molecule has 0 aliphatic heterocycles. The van der Waals surface area contributed by atoms with Crippen LogP contribution in [0.2, 0.25) is 15.1 Å². The lowest BCUT2D eigenvalue weighted by Gasteiger charge is -2.29. The molecule has 0 saturated heterocycles. The fourth-order valence-corrected chi connectivity index (χ4v) is 6.49. The molecule has 0 bridgehead atoms. The molecule has 8 nitrogen and oxygen atoms in total. The molecule has 4 rings (SSSR count). The Morgan fingerprint density at radius 2 is 1.37 bits per heavy atom. The molecule has 49 heavy (non-hydrogen) atoms. The lowest BCUT2D eigenvalue weighted by Crippen LogP contribution is -2.44. The number of amides is 3. The van der Waals surface area contributed by atoms with E-state index in [2.05, 4.69) is 5.32 Å². The molecule has 0 radical (unpaired) electrons. The van der Waals surface area contributed by atoms with Crippen LogP contribution < -0.4 is 10.2 Å². The van der Waals surface area contributed by atoms with Crippen molar-refractivity contribution in [3.05, 3.63) is 91.9 Å². The van der Waals surface area contributed by atoms with Gasteiger partial charge in [0, 0.05) is 39.7 Å². The van der Waals surface area contributed by atoms with E-state index >= 15 is 8.78 Å². The van der Waals surface area contributed by atoms with Crippen molar-refractivity contribution in [2.75, 3.05) is 10.2 Å². The van der Waals surface area contributed by atoms with Gasteiger partial charge < -0.3 is 14.8 Å². The first kappa shape index (κ1) is 38.6. The van der Waals surface area contributed by atoms with Gasteiger partial charge in [-0.15, -0.1) is 23.2 Å². The van der Waals surface area contributed by atoms with E-state index in [1.165, 1.54) is 65.8 Å². The summed E-state index contributed by atoms with van der Waals surface area (Å²) in [6.45, 7) is 9.16. The fourth-order valence-electron chi connectivity index (χ4n) is 4.90. The second kappa shape index (κ2) is 14.2. The van der Waals surface area contributed by atoms with Gasteiger partial charge in [-0.25, -0.2) is 18.4 Å². The summed E-state index contributed by atoms with van der Waals surface area (Å²) in [7, 11) is 0. The Hall–Kier alpha value is -3.15. The van der Waals surface area contributed by atoms with Crippen LogP contribution in [-0.4, -0.2) is 39.4 Å². The molecule has 1 aliphatic rings. The van der Waals surface area contributed by atoms with E-state index in [1.807, 2.05) is 0 Å². The molecule has 15 heteroatoms. The maximum atomic E-state index is 15.5. The molecule has 3 aromatic rings. The van der Waals surface area contributed by atoms with Crippen molar-refractivity contribution in [2.45, 2.75) is 69.4 Å². The molecular weight excluding hydrogens is 748 g/mol. The molecule has 3 aromatic carbocycles. The monoisotopic (exact) mass is 776 g/mol. The molecule has 0 heterocycles. The highest BCUT2D eigenvalue weighted by Gasteiger charge is 2.67. The SMILES string of the molecule is CC(C)(C)OC(=O)N(C(=O)OC(C)(C)C)c1cc(F)c(CC(=O)c2cc(NC(=O)[C@H]3C(c4cc(Cl)cc(Cl)c4)C3(Cl)Cl)ccc2Cl)cc1F. The number of anilines is 2. The summed E-state index contributed by atoms with van der Waals surface area (Å²) < 4.78 is 39.9. The first-order valence-electron chi connectivity index (χ1n) is 14.7. The lowest BCUT2D eigenvalue weighted by atomic mass is 10.0. The first-order valence-corrected chi connectivity index (χ1v) is 16.6. The van der Waals surface area contributed by atoms with E-state index in [0.29, 0.717) is 27.7 Å². The molecule has 1 unspecified atom stereocenters. The number of nitrogens with zero attached hydrogens (tertiary/aromatic N) is 1. The zero-order valence-corrected chi connectivity index (χ0v) is 30.8. The van der Waals surface area contributed by atoms with Crippen LogP contribution in [0.15, 0.2) is 48.5 Å². The normalized spacial score (nSPS) is 16.8. The molecule has 1 fully saturated rings. The standard InChI is InChI=1S/C34H31Cl5F2N2O6/c1-32(2,3)48-30(46)43(31(47)49-33(4,5)6)25-15-23(40)16(11-24(25)41)12-26(44)21-14-20(7-8-22(21)37)42-29(45)28-27(34(28,38)39)17-9-18(35)13-19(36)10-17/h7-11,13-15,27-28H,12H2,1-6H3,(H,42,45)/t27?,28-/m1/s1. The van der Waals surface area contributed by atoms with E-state index in [1.54, 1.807) is 12.1 Å². The smallest absolute Gasteiger partial charge is 0.424 e. The Balaban J connectivity index is 1.56. The number of hydrogen-bond acceptors (Lipinski definition) is 6. The second-order valence-corrected chi connectivity index (χ2v) is 16.0. The quantitative estimate of drug-likeness (QED) is 0.189. The molecular formula is C34H31Cl5F2N2O6. The lowest BCUT2D eigenvalue weighted by molar-refractivity contribution is -0.117. The number of rotatable bonds is 7. The van der Waals surface area contributed by atoms with Crippen molar-refractivity contribution < 1.29 is 37.4 Å². The van der Waals surface area contributed by atoms with Crippen molar-refractivity contribution in [3.8, 4) is 0 Å². The maximum Gasteiger partial charge on any atom is 0.424 e. The number of carbonyl (C=O) groups is 4. The molecule has 1 N–H and O–H groups in total. The molecule has 0 aromatic heterocycles. The number of ketones is 1. The highest BCUT2D eigenvalue weighted by Crippen LogP contribution is 2.65. The van der Waals surface area contributed by atoms with Gasteiger partial charge in [0.15, 0.2) is 5.78 Å². The average molecular weight is 779 g/mol. The van der Waals surface area contributed by atoms with E-state index in [-0.39, 0.29) is 21.2 Å². The Bertz CT molecular complexity index is 1790. The number of ether oxygens (including phenoxy) is 2. The molecule has 3 amide bonds. The number of hydrogen-bond donors (Lipinski definition) is 1. The summed E-state index contributed by atoms with van der Waals surface area (Å²) in [4.78, 5) is 52.6. The van der Waals surface area contributed by atoms with Gasteiger partial charge in [0.05, 0.1) is 16.6 Å². The summed E-state index contributed by atoms with van der Waals surface area (Å²) in [5.41, 5.74) is -2.75. The molecule has 2 atom stereocenters. The van der Waals surface area contributed by atoms with Crippen LogP contribution in [0.4, 0.5) is 29.7 Å². The third-order valence-electron chi connectivity index (χ3n) is 6.97. The third-order valence-corrected chi connectivity index (χ3v) is 8.68. The number of imide groups is 1. The van der Waals surface area contributed by atoms with E-state index in [0.717, 1.165) is 0 Å². The van der Waals surface area contributed by atoms with Crippen molar-refractivity contribution >= 4 is 93.3 Å². The number of benzene rings is 3. The minimum absolute atomic E-state index is 0.0246. The van der Waals surface area contributed by atoms with Crippen molar-refractivity contribution in [3.63, 3.8) is 0 Å². The highest BCUT2D eigenvalue weighted by atomic mass is 35.5. The number of alkyl halides is 2. The van der Waals surface area contributed by atoms with Gasteiger partial charge in [-0.1, -0.05) is 34.8 Å². The van der Waals surface area contributed by atoms with Crippen LogP contribution in [-0.2, 0) is 20.7 Å². The van der Waals surface area contributed by atoms with Gasteiger partial charge >= 0.3 is 12.2 Å². The predicted octanol–water partition coefficient (Wildman–Crippen LogP) is 10.6. The van der Waals surface area contributed by atoms with Crippen LogP contribution in [0, 0.1) is 17.6 Å². The van der Waals surface area contributed by atoms with Gasteiger partial charge in [-0.2, -0.15) is 4.90 Å². The molecule has 262 valence electrons. The Kier molecular flexibility index (Phi) is 11.2. The van der Waals surface area contributed by atoms with Crippen LogP contribution in [0.1, 0.15) is 68.9 Å². The van der Waals surface area contributed by atoms with Gasteiger partial charge in [0.2, 0.25) is 5.91 Å². The van der Waals surface area contributed by atoms with Gasteiger partial charge in [-0.3, -0.25) is 9.59 Å².